The van der Waals surface area contributed by atoms with Gasteiger partial charge < -0.3 is 15.0 Å². The minimum Gasteiger partial charge on any atom is -0.393 e. The van der Waals surface area contributed by atoms with E-state index < -0.39 is 0 Å². The van der Waals surface area contributed by atoms with Crippen LogP contribution in [0.5, 0.6) is 0 Å². The number of aromatic nitrogens is 2. The average molecular weight is 209 g/mol. The molecule has 0 bridgehead atoms. The summed E-state index contributed by atoms with van der Waals surface area (Å²) in [5, 5.41) is 9.42. The van der Waals surface area contributed by atoms with Gasteiger partial charge in [0.2, 0.25) is 0 Å². The maximum atomic E-state index is 11.8. The summed E-state index contributed by atoms with van der Waals surface area (Å²) in [4.78, 5) is 20.2. The van der Waals surface area contributed by atoms with Gasteiger partial charge in [0, 0.05) is 19.0 Å². The van der Waals surface area contributed by atoms with Gasteiger partial charge in [-0.15, -0.1) is 0 Å². The highest BCUT2D eigenvalue weighted by atomic mass is 16.3. The summed E-state index contributed by atoms with van der Waals surface area (Å²) in [6, 6.07) is 0. The van der Waals surface area contributed by atoms with Gasteiger partial charge in [0.05, 0.1) is 18.6 Å². The lowest BCUT2D eigenvalue weighted by Gasteiger charge is -2.16. The van der Waals surface area contributed by atoms with Crippen molar-refractivity contribution < 1.29 is 9.90 Å². The fourth-order valence-corrected chi connectivity index (χ4v) is 1.91. The summed E-state index contributed by atoms with van der Waals surface area (Å²) in [5.74, 6) is 0.174. The summed E-state index contributed by atoms with van der Waals surface area (Å²) in [7, 11) is 0. The van der Waals surface area contributed by atoms with Crippen LogP contribution in [0.4, 0.5) is 0 Å². The molecule has 5 nitrogen and oxygen atoms in total. The summed E-state index contributed by atoms with van der Waals surface area (Å²) in [6.45, 7) is 3.12. The first-order valence-electron chi connectivity index (χ1n) is 5.14. The SMILES string of the molecule is CC(O)C1CCN(C(=O)c2cnc[nH]2)C1. The largest absolute Gasteiger partial charge is 0.393 e. The Bertz CT molecular complexity index is 334. The van der Waals surface area contributed by atoms with Crippen LogP contribution in [0.3, 0.4) is 0 Å². The number of hydrogen-bond acceptors (Lipinski definition) is 3. The molecule has 15 heavy (non-hydrogen) atoms. The summed E-state index contributed by atoms with van der Waals surface area (Å²) in [6.07, 6.45) is 3.55. The Balaban J connectivity index is 1.99. The molecule has 2 N–H and O–H groups in total. The van der Waals surface area contributed by atoms with Gasteiger partial charge in [0.15, 0.2) is 0 Å². The van der Waals surface area contributed by atoms with Crippen LogP contribution in [-0.2, 0) is 0 Å². The Morgan fingerprint density at radius 2 is 2.60 bits per heavy atom. The molecule has 5 heteroatoms. The van der Waals surface area contributed by atoms with Crippen molar-refractivity contribution in [2.75, 3.05) is 13.1 Å². The molecule has 1 aromatic rings. The van der Waals surface area contributed by atoms with Crippen molar-refractivity contribution in [3.8, 4) is 0 Å². The number of nitrogens with one attached hydrogen (secondary N) is 1. The number of nitrogens with zero attached hydrogens (tertiary/aromatic N) is 2. The Morgan fingerprint density at radius 1 is 1.80 bits per heavy atom. The molecule has 1 aliphatic rings. The summed E-state index contributed by atoms with van der Waals surface area (Å²) < 4.78 is 0. The first kappa shape index (κ1) is 10.2. The number of aliphatic hydroxyl groups is 1. The second-order valence-corrected chi connectivity index (χ2v) is 4.01. The smallest absolute Gasteiger partial charge is 0.271 e. The van der Waals surface area contributed by atoms with E-state index >= 15 is 0 Å². The quantitative estimate of drug-likeness (QED) is 0.733. The van der Waals surface area contributed by atoms with Crippen LogP contribution in [0.15, 0.2) is 12.5 Å². The molecule has 0 radical (unpaired) electrons. The van der Waals surface area contributed by atoms with Crippen molar-refractivity contribution in [1.82, 2.24) is 14.9 Å². The van der Waals surface area contributed by atoms with Crippen molar-refractivity contribution in [3.63, 3.8) is 0 Å². The lowest BCUT2D eigenvalue weighted by Crippen LogP contribution is -2.30. The zero-order valence-corrected chi connectivity index (χ0v) is 8.68. The van der Waals surface area contributed by atoms with Crippen LogP contribution in [0.2, 0.25) is 0 Å². The molecular formula is C10H15N3O2. The highest BCUT2D eigenvalue weighted by molar-refractivity contribution is 5.92. The lowest BCUT2D eigenvalue weighted by molar-refractivity contribution is 0.0757. The highest BCUT2D eigenvalue weighted by Gasteiger charge is 2.29. The third kappa shape index (κ3) is 2.02. The van der Waals surface area contributed by atoms with E-state index in [1.54, 1.807) is 11.8 Å². The van der Waals surface area contributed by atoms with E-state index in [0.717, 1.165) is 6.42 Å². The third-order valence-corrected chi connectivity index (χ3v) is 2.92. The van der Waals surface area contributed by atoms with E-state index in [4.69, 9.17) is 0 Å². The molecular weight excluding hydrogens is 194 g/mol. The van der Waals surface area contributed by atoms with E-state index in [0.29, 0.717) is 18.8 Å². The molecule has 1 aromatic heterocycles. The first-order valence-corrected chi connectivity index (χ1v) is 5.14. The zero-order chi connectivity index (χ0) is 10.8. The van der Waals surface area contributed by atoms with Crippen LogP contribution < -0.4 is 0 Å². The fraction of sp³-hybridized carbons (Fsp3) is 0.600. The Hall–Kier alpha value is -1.36. The lowest BCUT2D eigenvalue weighted by atomic mass is 10.0. The number of amides is 1. The van der Waals surface area contributed by atoms with Gasteiger partial charge in [0.1, 0.15) is 5.69 Å². The van der Waals surface area contributed by atoms with E-state index in [1.165, 1.54) is 12.5 Å². The molecule has 0 saturated carbocycles. The Morgan fingerprint density at radius 3 is 3.13 bits per heavy atom. The summed E-state index contributed by atoms with van der Waals surface area (Å²) in [5.41, 5.74) is 0.515. The summed E-state index contributed by atoms with van der Waals surface area (Å²) >= 11 is 0. The monoisotopic (exact) mass is 209 g/mol. The van der Waals surface area contributed by atoms with Gasteiger partial charge in [-0.3, -0.25) is 4.79 Å². The molecule has 0 aliphatic carbocycles. The molecule has 2 atom stereocenters. The standard InChI is InChI=1S/C10H15N3O2/c1-7(14)8-2-3-13(5-8)10(15)9-4-11-6-12-9/h4,6-8,14H,2-3,5H2,1H3,(H,11,12). The normalized spacial score (nSPS) is 23.1. The predicted molar refractivity (Wildman–Crippen MR) is 54.3 cm³/mol. The Kier molecular flexibility index (Phi) is 2.73. The Labute approximate surface area is 88.1 Å². The van der Waals surface area contributed by atoms with Crippen molar-refractivity contribution in [1.29, 1.82) is 0 Å². The molecule has 2 unspecified atom stereocenters. The number of imidazole rings is 1. The minimum absolute atomic E-state index is 0.0318. The number of carbonyl (C=O) groups is 1. The van der Waals surface area contributed by atoms with Gasteiger partial charge in [-0.1, -0.05) is 0 Å². The van der Waals surface area contributed by atoms with E-state index in [1.807, 2.05) is 0 Å². The van der Waals surface area contributed by atoms with Gasteiger partial charge in [-0.25, -0.2) is 4.98 Å². The van der Waals surface area contributed by atoms with Crippen molar-refractivity contribution in [3.05, 3.63) is 18.2 Å². The molecule has 0 spiro atoms. The van der Waals surface area contributed by atoms with E-state index in [2.05, 4.69) is 9.97 Å². The van der Waals surface area contributed by atoms with Crippen LogP contribution in [0, 0.1) is 5.92 Å². The number of likely N-dealkylation sites (tertiary alicyclic amines) is 1. The zero-order valence-electron chi connectivity index (χ0n) is 8.68. The number of H-pyrrole nitrogens is 1. The number of rotatable bonds is 2. The second kappa shape index (κ2) is 4.02. The number of aromatic amines is 1. The first-order chi connectivity index (χ1) is 7.18. The number of carbonyl (C=O) groups excluding carboxylic acids is 1. The molecule has 1 fully saturated rings. The molecule has 1 aliphatic heterocycles. The molecule has 2 heterocycles. The number of aliphatic hydroxyl groups excluding tert-OH is 1. The van der Waals surface area contributed by atoms with Gasteiger partial charge in [-0.05, 0) is 13.3 Å². The van der Waals surface area contributed by atoms with Crippen molar-refractivity contribution >= 4 is 5.91 Å². The topological polar surface area (TPSA) is 69.2 Å². The molecule has 1 amide bonds. The second-order valence-electron chi connectivity index (χ2n) is 4.01. The fourth-order valence-electron chi connectivity index (χ4n) is 1.91. The maximum Gasteiger partial charge on any atom is 0.271 e. The van der Waals surface area contributed by atoms with Crippen LogP contribution in [-0.4, -0.2) is 45.1 Å². The molecule has 82 valence electrons. The average Bonchev–Trinajstić information content (AvgIpc) is 2.88. The molecule has 1 saturated heterocycles. The van der Waals surface area contributed by atoms with Crippen LogP contribution >= 0.6 is 0 Å². The minimum atomic E-state index is -0.343. The van der Waals surface area contributed by atoms with E-state index in [-0.39, 0.29) is 17.9 Å². The third-order valence-electron chi connectivity index (χ3n) is 2.92. The number of hydrogen-bond donors (Lipinski definition) is 2. The van der Waals surface area contributed by atoms with Gasteiger partial charge >= 0.3 is 0 Å². The highest BCUT2D eigenvalue weighted by Crippen LogP contribution is 2.20. The van der Waals surface area contributed by atoms with Crippen molar-refractivity contribution in [2.24, 2.45) is 5.92 Å². The van der Waals surface area contributed by atoms with Crippen LogP contribution in [0.1, 0.15) is 23.8 Å². The van der Waals surface area contributed by atoms with Crippen molar-refractivity contribution in [2.45, 2.75) is 19.4 Å². The molecule has 2 rings (SSSR count). The predicted octanol–water partition coefficient (Wildman–Crippen LogP) is 0.253. The van der Waals surface area contributed by atoms with E-state index in [9.17, 15) is 9.90 Å². The van der Waals surface area contributed by atoms with Crippen LogP contribution in [0.25, 0.3) is 0 Å². The van der Waals surface area contributed by atoms with Gasteiger partial charge in [0.25, 0.3) is 5.91 Å². The van der Waals surface area contributed by atoms with Gasteiger partial charge in [-0.2, -0.15) is 0 Å². The molecule has 0 aromatic carbocycles. The maximum absolute atomic E-state index is 11.8.